The molecule has 4 heteroatoms. The fraction of sp³-hybridized carbons (Fsp3) is 0. The van der Waals surface area contributed by atoms with E-state index in [1.807, 2.05) is 0 Å². The summed E-state index contributed by atoms with van der Waals surface area (Å²) >= 11 is 0. The van der Waals surface area contributed by atoms with Crippen LogP contribution < -0.4 is 17.0 Å². The van der Waals surface area contributed by atoms with Crippen LogP contribution in [0.2, 0.25) is 0 Å². The Labute approximate surface area is 104 Å². The molecule has 0 spiro atoms. The molecule has 0 amide bonds. The number of ketones is 1. The Hall–Kier alpha value is -2.00. The van der Waals surface area contributed by atoms with Crippen LogP contribution >= 0.6 is 0 Å². The van der Waals surface area contributed by atoms with Crippen molar-refractivity contribution < 1.29 is 26.6 Å². The van der Waals surface area contributed by atoms with Gasteiger partial charge >= 0.3 is 5.91 Å². The summed E-state index contributed by atoms with van der Waals surface area (Å²) < 4.78 is 1.39. The quantitative estimate of drug-likeness (QED) is 0.439. The summed E-state index contributed by atoms with van der Waals surface area (Å²) in [4.78, 5) is 24.1. The van der Waals surface area contributed by atoms with Crippen LogP contribution in [0.1, 0.15) is 26.4 Å². The van der Waals surface area contributed by atoms with Crippen LogP contribution in [-0.2, 0) is 0 Å². The highest BCUT2D eigenvalue weighted by molar-refractivity contribution is 6.15. The SMILES string of the molecule is O=C1c2ccccc2C(=O)[n+]2ccccc21.[Cl-]. The highest BCUT2D eigenvalue weighted by atomic mass is 35.5. The van der Waals surface area contributed by atoms with Gasteiger partial charge in [-0.15, -0.1) is 4.57 Å². The molecule has 1 aliphatic rings. The average molecular weight is 246 g/mol. The fourth-order valence-corrected chi connectivity index (χ4v) is 1.94. The molecule has 1 aromatic heterocycles. The van der Waals surface area contributed by atoms with E-state index in [1.165, 1.54) is 4.57 Å². The van der Waals surface area contributed by atoms with Gasteiger partial charge in [0, 0.05) is 17.7 Å². The van der Waals surface area contributed by atoms with Gasteiger partial charge in [-0.2, -0.15) is 0 Å². The van der Waals surface area contributed by atoms with Crippen LogP contribution in [0.5, 0.6) is 0 Å². The Bertz CT molecular complexity index is 517. The first-order valence-corrected chi connectivity index (χ1v) is 4.98. The molecule has 1 aliphatic heterocycles. The van der Waals surface area contributed by atoms with E-state index in [2.05, 4.69) is 0 Å². The summed E-state index contributed by atoms with van der Waals surface area (Å²) in [5, 5.41) is 0. The molecule has 0 bridgehead atoms. The summed E-state index contributed by atoms with van der Waals surface area (Å²) in [5.74, 6) is -0.249. The maximum absolute atomic E-state index is 12.1. The topological polar surface area (TPSA) is 38.0 Å². The molecule has 0 fully saturated rings. The normalized spacial score (nSPS) is 12.5. The number of carbonyl (C=O) groups excluding carboxylic acids is 2. The van der Waals surface area contributed by atoms with E-state index in [-0.39, 0.29) is 24.1 Å². The molecule has 0 aliphatic carbocycles. The lowest BCUT2D eigenvalue weighted by molar-refractivity contribution is -0.573. The van der Waals surface area contributed by atoms with E-state index in [1.54, 1.807) is 48.7 Å². The van der Waals surface area contributed by atoms with Gasteiger partial charge < -0.3 is 12.4 Å². The largest absolute Gasteiger partial charge is 1.00 e. The molecule has 3 rings (SSSR count). The highest BCUT2D eigenvalue weighted by Crippen LogP contribution is 2.16. The average Bonchev–Trinajstić information content (AvgIpc) is 2.36. The van der Waals surface area contributed by atoms with Gasteiger partial charge in [0.25, 0.3) is 11.5 Å². The predicted molar refractivity (Wildman–Crippen MR) is 56.2 cm³/mol. The van der Waals surface area contributed by atoms with Crippen molar-refractivity contribution in [3.8, 4) is 0 Å². The number of nitrogens with zero attached hydrogens (tertiary/aromatic N) is 1. The monoisotopic (exact) mass is 245 g/mol. The number of hydrogen-bond donors (Lipinski definition) is 0. The van der Waals surface area contributed by atoms with E-state index in [0.29, 0.717) is 16.8 Å². The lowest BCUT2D eigenvalue weighted by Crippen LogP contribution is -3.00. The number of benzene rings is 1. The third-order valence-electron chi connectivity index (χ3n) is 2.71. The highest BCUT2D eigenvalue weighted by Gasteiger charge is 2.36. The maximum Gasteiger partial charge on any atom is 0.426 e. The molecule has 0 N–H and O–H groups in total. The van der Waals surface area contributed by atoms with Crippen molar-refractivity contribution in [1.82, 2.24) is 0 Å². The van der Waals surface area contributed by atoms with E-state index in [0.717, 1.165) is 0 Å². The van der Waals surface area contributed by atoms with Crippen molar-refractivity contribution >= 4 is 11.7 Å². The number of aromatic nitrogens is 1. The molecule has 0 atom stereocenters. The van der Waals surface area contributed by atoms with Crippen molar-refractivity contribution in [2.24, 2.45) is 0 Å². The van der Waals surface area contributed by atoms with Crippen molar-refractivity contribution in [1.29, 1.82) is 0 Å². The Morgan fingerprint density at radius 3 is 2.24 bits per heavy atom. The summed E-state index contributed by atoms with van der Waals surface area (Å²) in [6, 6.07) is 12.1. The summed E-state index contributed by atoms with van der Waals surface area (Å²) in [5.41, 5.74) is 1.38. The van der Waals surface area contributed by atoms with E-state index in [9.17, 15) is 9.59 Å². The minimum atomic E-state index is -0.147. The van der Waals surface area contributed by atoms with Gasteiger partial charge in [0.05, 0.1) is 0 Å². The zero-order valence-electron chi connectivity index (χ0n) is 8.76. The molecule has 0 saturated heterocycles. The first kappa shape index (κ1) is 11.5. The lowest BCUT2D eigenvalue weighted by atomic mass is 9.96. The number of fused-ring (bicyclic) bond motifs is 2. The molecular weight excluding hydrogens is 238 g/mol. The molecule has 17 heavy (non-hydrogen) atoms. The Morgan fingerprint density at radius 1 is 0.824 bits per heavy atom. The molecule has 0 saturated carbocycles. The zero-order valence-corrected chi connectivity index (χ0v) is 9.52. The third-order valence-corrected chi connectivity index (χ3v) is 2.71. The minimum absolute atomic E-state index is 0. The number of halogens is 1. The Morgan fingerprint density at radius 2 is 1.47 bits per heavy atom. The molecule has 3 nitrogen and oxygen atoms in total. The number of carbonyl (C=O) groups is 2. The van der Waals surface area contributed by atoms with Crippen LogP contribution in [0.15, 0.2) is 48.7 Å². The van der Waals surface area contributed by atoms with Gasteiger partial charge in [-0.05, 0) is 18.2 Å². The van der Waals surface area contributed by atoms with Gasteiger partial charge in [0.2, 0.25) is 0 Å². The summed E-state index contributed by atoms with van der Waals surface area (Å²) in [7, 11) is 0. The van der Waals surface area contributed by atoms with Gasteiger partial charge in [-0.3, -0.25) is 4.79 Å². The lowest BCUT2D eigenvalue weighted by Gasteiger charge is -2.09. The standard InChI is InChI=1S/C13H8NO2.ClH/c15-12-9-5-1-2-6-10(9)13(16)14-8-4-3-7-11(12)14;/h1-8H;1H/q+1;/p-1. The third kappa shape index (κ3) is 1.56. The zero-order chi connectivity index (χ0) is 11.1. The minimum Gasteiger partial charge on any atom is -1.00 e. The Kier molecular flexibility index (Phi) is 2.77. The van der Waals surface area contributed by atoms with Crippen LogP contribution in [0.4, 0.5) is 0 Å². The predicted octanol–water partition coefficient (Wildman–Crippen LogP) is -1.79. The second kappa shape index (κ2) is 4.11. The van der Waals surface area contributed by atoms with Crippen LogP contribution in [-0.4, -0.2) is 11.7 Å². The van der Waals surface area contributed by atoms with Crippen LogP contribution in [0.25, 0.3) is 0 Å². The summed E-state index contributed by atoms with van der Waals surface area (Å²) in [6.45, 7) is 0. The van der Waals surface area contributed by atoms with Gasteiger partial charge in [0.15, 0.2) is 6.20 Å². The molecular formula is C13H8ClNO2. The van der Waals surface area contributed by atoms with Crippen molar-refractivity contribution in [2.45, 2.75) is 0 Å². The van der Waals surface area contributed by atoms with Gasteiger partial charge in [0.1, 0.15) is 5.56 Å². The first-order valence-electron chi connectivity index (χ1n) is 4.98. The number of rotatable bonds is 0. The van der Waals surface area contributed by atoms with Crippen molar-refractivity contribution in [3.63, 3.8) is 0 Å². The molecule has 84 valence electrons. The smallest absolute Gasteiger partial charge is 0.426 e. The van der Waals surface area contributed by atoms with E-state index in [4.69, 9.17) is 0 Å². The Balaban J connectivity index is 0.00000108. The first-order chi connectivity index (χ1) is 7.79. The van der Waals surface area contributed by atoms with Crippen molar-refractivity contribution in [3.05, 3.63) is 65.5 Å². The summed E-state index contributed by atoms with van der Waals surface area (Å²) in [6.07, 6.45) is 1.62. The second-order valence-corrected chi connectivity index (χ2v) is 3.64. The molecule has 2 aromatic rings. The molecule has 2 heterocycles. The number of pyridine rings is 1. The van der Waals surface area contributed by atoms with E-state index >= 15 is 0 Å². The molecule has 0 unspecified atom stereocenters. The van der Waals surface area contributed by atoms with Crippen molar-refractivity contribution in [2.75, 3.05) is 0 Å². The fourth-order valence-electron chi connectivity index (χ4n) is 1.94. The van der Waals surface area contributed by atoms with Gasteiger partial charge in [-0.25, -0.2) is 4.79 Å². The van der Waals surface area contributed by atoms with E-state index < -0.39 is 0 Å². The van der Waals surface area contributed by atoms with Crippen LogP contribution in [0.3, 0.4) is 0 Å². The second-order valence-electron chi connectivity index (χ2n) is 3.64. The molecule has 1 aromatic carbocycles. The number of hydrogen-bond acceptors (Lipinski definition) is 2. The molecule has 0 radical (unpaired) electrons. The van der Waals surface area contributed by atoms with Crippen LogP contribution in [0, 0.1) is 0 Å². The maximum atomic E-state index is 12.1. The van der Waals surface area contributed by atoms with Gasteiger partial charge in [-0.1, -0.05) is 12.1 Å².